The first kappa shape index (κ1) is 24.7. The van der Waals surface area contributed by atoms with Crippen LogP contribution in [0.15, 0.2) is 0 Å². The van der Waals surface area contributed by atoms with E-state index in [4.69, 9.17) is 15.9 Å². The molecule has 7 N–H and O–H groups in total. The van der Waals surface area contributed by atoms with Gasteiger partial charge in [0.2, 0.25) is 17.7 Å². The first-order valence-corrected chi connectivity index (χ1v) is 8.85. The van der Waals surface area contributed by atoms with E-state index < -0.39 is 60.8 Å². The molecule has 11 nitrogen and oxygen atoms in total. The van der Waals surface area contributed by atoms with Crippen LogP contribution in [-0.4, -0.2) is 70.3 Å². The summed E-state index contributed by atoms with van der Waals surface area (Å²) in [4.78, 5) is 57.7. The van der Waals surface area contributed by atoms with Crippen molar-refractivity contribution < 1.29 is 34.2 Å². The van der Waals surface area contributed by atoms with Gasteiger partial charge in [-0.15, -0.1) is 0 Å². The monoisotopic (exact) mass is 406 g/mol. The van der Waals surface area contributed by atoms with E-state index in [1.54, 1.807) is 6.92 Å². The maximum Gasteiger partial charge on any atom is 0.322 e. The number of nitrogens with one attached hydrogen (secondary N) is 3. The Morgan fingerprint density at radius 2 is 1.52 bits per heavy atom. The second-order valence-corrected chi connectivity index (χ2v) is 6.29. The van der Waals surface area contributed by atoms with Gasteiger partial charge in [0.05, 0.1) is 12.5 Å². The highest BCUT2D eigenvalue weighted by atomic mass is 32.1. The fourth-order valence-corrected chi connectivity index (χ4v) is 2.17. The van der Waals surface area contributed by atoms with Gasteiger partial charge >= 0.3 is 11.9 Å². The number of amides is 3. The smallest absolute Gasteiger partial charge is 0.322 e. The summed E-state index contributed by atoms with van der Waals surface area (Å²) in [6, 6.07) is -3.52. The van der Waals surface area contributed by atoms with E-state index in [-0.39, 0.29) is 11.7 Å². The number of carboxylic acids is 2. The van der Waals surface area contributed by atoms with E-state index in [0.29, 0.717) is 6.42 Å². The lowest BCUT2D eigenvalue weighted by molar-refractivity contribution is -0.141. The molecule has 0 rings (SSSR count). The Balaban J connectivity index is 5.03. The topological polar surface area (TPSA) is 188 Å². The maximum absolute atomic E-state index is 12.3. The molecular formula is C15H26N4O7S. The fourth-order valence-electron chi connectivity index (χ4n) is 1.92. The summed E-state index contributed by atoms with van der Waals surface area (Å²) >= 11 is 3.97. The first-order valence-electron chi connectivity index (χ1n) is 8.21. The Morgan fingerprint density at radius 3 is 1.96 bits per heavy atom. The van der Waals surface area contributed by atoms with Gasteiger partial charge < -0.3 is 31.9 Å². The largest absolute Gasteiger partial charge is 0.481 e. The van der Waals surface area contributed by atoms with Crippen molar-refractivity contribution in [1.82, 2.24) is 16.0 Å². The highest BCUT2D eigenvalue weighted by molar-refractivity contribution is 7.80. The van der Waals surface area contributed by atoms with Crippen LogP contribution in [0.3, 0.4) is 0 Å². The van der Waals surface area contributed by atoms with Crippen LogP contribution in [0.5, 0.6) is 0 Å². The number of aliphatic carboxylic acids is 2. The van der Waals surface area contributed by atoms with E-state index in [9.17, 15) is 24.0 Å². The van der Waals surface area contributed by atoms with Crippen LogP contribution in [0, 0.1) is 5.92 Å². The summed E-state index contributed by atoms with van der Waals surface area (Å²) < 4.78 is 0. The molecule has 0 aliphatic rings. The van der Waals surface area contributed by atoms with Crippen molar-refractivity contribution >= 4 is 42.3 Å². The molecule has 154 valence electrons. The SMILES string of the molecule is CCC(C)C(N)C(=O)NC(CS)C(=O)NC(CC(=O)O)C(=O)NCC(=O)O. The van der Waals surface area contributed by atoms with Crippen LogP contribution in [0.25, 0.3) is 0 Å². The van der Waals surface area contributed by atoms with Crippen molar-refractivity contribution in [2.24, 2.45) is 11.7 Å². The normalized spacial score (nSPS) is 15.0. The molecule has 0 spiro atoms. The molecule has 0 aliphatic heterocycles. The third-order valence-corrected chi connectivity index (χ3v) is 4.17. The van der Waals surface area contributed by atoms with E-state index in [2.05, 4.69) is 23.3 Å². The van der Waals surface area contributed by atoms with Crippen LogP contribution in [0.1, 0.15) is 26.7 Å². The van der Waals surface area contributed by atoms with Gasteiger partial charge in [0, 0.05) is 5.75 Å². The Labute approximate surface area is 161 Å². The number of rotatable bonds is 12. The average Bonchev–Trinajstić information content (AvgIpc) is 2.61. The number of carbonyl (C=O) groups is 5. The van der Waals surface area contributed by atoms with E-state index >= 15 is 0 Å². The van der Waals surface area contributed by atoms with Gasteiger partial charge in [0.1, 0.15) is 18.6 Å². The minimum atomic E-state index is -1.52. The highest BCUT2D eigenvalue weighted by Crippen LogP contribution is 2.06. The Morgan fingerprint density at radius 1 is 0.963 bits per heavy atom. The number of carboxylic acid groups (broad SMARTS) is 2. The molecule has 0 bridgehead atoms. The molecular weight excluding hydrogens is 380 g/mol. The molecule has 27 heavy (non-hydrogen) atoms. The molecule has 0 radical (unpaired) electrons. The maximum atomic E-state index is 12.3. The van der Waals surface area contributed by atoms with Crippen LogP contribution in [0.4, 0.5) is 0 Å². The second-order valence-electron chi connectivity index (χ2n) is 5.93. The molecule has 0 aliphatic carbocycles. The number of hydrogen-bond donors (Lipinski definition) is 7. The third-order valence-electron chi connectivity index (χ3n) is 3.80. The van der Waals surface area contributed by atoms with Gasteiger partial charge in [-0.3, -0.25) is 24.0 Å². The van der Waals surface area contributed by atoms with Gasteiger partial charge in [0.15, 0.2) is 0 Å². The standard InChI is InChI=1S/C15H26N4O7S/c1-3-7(2)12(16)15(26)19-9(6-27)14(25)18-8(4-10(20)21)13(24)17-5-11(22)23/h7-9,12,27H,3-6,16H2,1-2H3,(H,17,24)(H,18,25)(H,19,26)(H,20,21)(H,22,23). The zero-order chi connectivity index (χ0) is 21.1. The minimum absolute atomic E-state index is 0.124. The number of thiol groups is 1. The van der Waals surface area contributed by atoms with Crippen molar-refractivity contribution in [3.8, 4) is 0 Å². The van der Waals surface area contributed by atoms with Crippen molar-refractivity contribution in [2.75, 3.05) is 12.3 Å². The quantitative estimate of drug-likeness (QED) is 0.180. The van der Waals surface area contributed by atoms with Gasteiger partial charge in [-0.25, -0.2) is 0 Å². The molecule has 0 saturated carbocycles. The summed E-state index contributed by atoms with van der Waals surface area (Å²) in [5.74, 6) is -5.36. The minimum Gasteiger partial charge on any atom is -0.481 e. The molecule has 4 unspecified atom stereocenters. The van der Waals surface area contributed by atoms with Crippen molar-refractivity contribution in [3.05, 3.63) is 0 Å². The first-order chi connectivity index (χ1) is 12.5. The zero-order valence-electron chi connectivity index (χ0n) is 15.1. The summed E-state index contributed by atoms with van der Waals surface area (Å²) in [6.07, 6.45) is -0.117. The molecule has 12 heteroatoms. The predicted octanol–water partition coefficient (Wildman–Crippen LogP) is -2.07. The van der Waals surface area contributed by atoms with Crippen LogP contribution < -0.4 is 21.7 Å². The highest BCUT2D eigenvalue weighted by Gasteiger charge is 2.29. The molecule has 0 heterocycles. The van der Waals surface area contributed by atoms with Crippen molar-refractivity contribution in [3.63, 3.8) is 0 Å². The lowest BCUT2D eigenvalue weighted by Crippen LogP contribution is -2.57. The Kier molecular flexibility index (Phi) is 11.1. The predicted molar refractivity (Wildman–Crippen MR) is 98.0 cm³/mol. The zero-order valence-corrected chi connectivity index (χ0v) is 16.0. The number of hydrogen-bond acceptors (Lipinski definition) is 7. The van der Waals surface area contributed by atoms with E-state index in [0.717, 1.165) is 0 Å². The molecule has 0 fully saturated rings. The van der Waals surface area contributed by atoms with E-state index in [1.165, 1.54) is 0 Å². The second kappa shape index (κ2) is 12.1. The fraction of sp³-hybridized carbons (Fsp3) is 0.667. The van der Waals surface area contributed by atoms with Crippen LogP contribution in [-0.2, 0) is 24.0 Å². The summed E-state index contributed by atoms with van der Waals surface area (Å²) in [5.41, 5.74) is 5.79. The molecule has 3 amide bonds. The number of nitrogens with two attached hydrogens (primary N) is 1. The third kappa shape index (κ3) is 9.24. The summed E-state index contributed by atoms with van der Waals surface area (Å²) in [5, 5.41) is 24.0. The average molecular weight is 406 g/mol. The Bertz CT molecular complexity index is 572. The van der Waals surface area contributed by atoms with E-state index in [1.807, 2.05) is 12.2 Å². The lowest BCUT2D eigenvalue weighted by Gasteiger charge is -2.24. The lowest BCUT2D eigenvalue weighted by atomic mass is 9.99. The van der Waals surface area contributed by atoms with Gasteiger partial charge in [0.25, 0.3) is 0 Å². The van der Waals surface area contributed by atoms with Gasteiger partial charge in [-0.05, 0) is 5.92 Å². The Hall–Kier alpha value is -2.34. The van der Waals surface area contributed by atoms with Crippen LogP contribution >= 0.6 is 12.6 Å². The number of carbonyl (C=O) groups excluding carboxylic acids is 3. The van der Waals surface area contributed by atoms with Crippen LogP contribution in [0.2, 0.25) is 0 Å². The summed E-state index contributed by atoms with van der Waals surface area (Å²) in [6.45, 7) is 2.89. The summed E-state index contributed by atoms with van der Waals surface area (Å²) in [7, 11) is 0. The molecule has 4 atom stereocenters. The molecule has 0 saturated heterocycles. The van der Waals surface area contributed by atoms with Gasteiger partial charge in [-0.2, -0.15) is 12.6 Å². The van der Waals surface area contributed by atoms with Crippen molar-refractivity contribution in [2.45, 2.75) is 44.8 Å². The van der Waals surface area contributed by atoms with Crippen molar-refractivity contribution in [1.29, 1.82) is 0 Å². The molecule has 0 aromatic heterocycles. The van der Waals surface area contributed by atoms with Gasteiger partial charge in [-0.1, -0.05) is 20.3 Å². The molecule has 0 aromatic carbocycles. The molecule has 0 aromatic rings.